The maximum Gasteiger partial charge on any atom is 0.267 e. The fourth-order valence-corrected chi connectivity index (χ4v) is 4.00. The molecule has 4 rings (SSSR count). The molecule has 0 aliphatic carbocycles. The molecule has 0 aliphatic heterocycles. The van der Waals surface area contributed by atoms with Crippen molar-refractivity contribution in [2.24, 2.45) is 0 Å². The third-order valence-electron chi connectivity index (χ3n) is 4.51. The third-order valence-corrected chi connectivity index (χ3v) is 5.54. The van der Waals surface area contributed by atoms with E-state index in [1.165, 1.54) is 10.2 Å². The van der Waals surface area contributed by atoms with Gasteiger partial charge in [-0.25, -0.2) is 9.67 Å². The van der Waals surface area contributed by atoms with Gasteiger partial charge < -0.3 is 5.32 Å². The number of aromatic nitrogens is 3. The van der Waals surface area contributed by atoms with Crippen molar-refractivity contribution in [1.29, 1.82) is 0 Å². The summed E-state index contributed by atoms with van der Waals surface area (Å²) in [5.41, 5.74) is 3.74. The number of rotatable bonds is 6. The Bertz CT molecular complexity index is 1150. The van der Waals surface area contributed by atoms with Gasteiger partial charge in [0.1, 0.15) is 5.69 Å². The predicted molar refractivity (Wildman–Crippen MR) is 119 cm³/mol. The standard InChI is InChI=1S/C23H22N4OS/c1-16(2)27-20(28)14-13-19(26-27)22-21(18-11-7-4-8-12-18)25-23(29-22)24-15-17-9-5-3-6-10-17/h3-14,16H,15H2,1-2H3,(H,24,25). The van der Waals surface area contributed by atoms with E-state index in [9.17, 15) is 4.79 Å². The van der Waals surface area contributed by atoms with Gasteiger partial charge in [0.25, 0.3) is 5.56 Å². The van der Waals surface area contributed by atoms with E-state index < -0.39 is 0 Å². The van der Waals surface area contributed by atoms with Crippen LogP contribution in [-0.2, 0) is 6.54 Å². The van der Waals surface area contributed by atoms with Crippen LogP contribution in [0, 0.1) is 0 Å². The first-order valence-electron chi connectivity index (χ1n) is 9.56. The first-order chi connectivity index (χ1) is 14.1. The minimum absolute atomic E-state index is 0.00813. The van der Waals surface area contributed by atoms with Gasteiger partial charge in [-0.15, -0.1) is 0 Å². The molecule has 2 aromatic carbocycles. The summed E-state index contributed by atoms with van der Waals surface area (Å²) in [4.78, 5) is 17.9. The normalized spacial score (nSPS) is 11.0. The van der Waals surface area contributed by atoms with Gasteiger partial charge in [-0.2, -0.15) is 5.10 Å². The summed E-state index contributed by atoms with van der Waals surface area (Å²) >= 11 is 1.55. The van der Waals surface area contributed by atoms with Crippen molar-refractivity contribution in [2.45, 2.75) is 26.4 Å². The van der Waals surface area contributed by atoms with Crippen molar-refractivity contribution in [2.75, 3.05) is 5.32 Å². The first-order valence-corrected chi connectivity index (χ1v) is 10.4. The van der Waals surface area contributed by atoms with Crippen LogP contribution >= 0.6 is 11.3 Å². The quantitative estimate of drug-likeness (QED) is 0.480. The van der Waals surface area contributed by atoms with Crippen LogP contribution in [0.5, 0.6) is 0 Å². The number of hydrogen-bond donors (Lipinski definition) is 1. The van der Waals surface area contributed by atoms with Gasteiger partial charge in [0.15, 0.2) is 5.13 Å². The zero-order valence-electron chi connectivity index (χ0n) is 16.4. The van der Waals surface area contributed by atoms with Gasteiger partial charge in [0.05, 0.1) is 16.6 Å². The van der Waals surface area contributed by atoms with Crippen molar-refractivity contribution >= 4 is 16.5 Å². The maximum absolute atomic E-state index is 12.1. The molecule has 0 unspecified atom stereocenters. The zero-order valence-corrected chi connectivity index (χ0v) is 17.2. The Hall–Kier alpha value is -3.25. The highest BCUT2D eigenvalue weighted by molar-refractivity contribution is 7.19. The summed E-state index contributed by atoms with van der Waals surface area (Å²) < 4.78 is 1.51. The molecule has 0 saturated heterocycles. The van der Waals surface area contributed by atoms with Gasteiger partial charge in [-0.3, -0.25) is 4.79 Å². The molecule has 6 heteroatoms. The Morgan fingerprint density at radius 1 is 0.966 bits per heavy atom. The van der Waals surface area contributed by atoms with Gasteiger partial charge in [-0.05, 0) is 25.5 Å². The number of benzene rings is 2. The molecule has 2 aromatic heterocycles. The average Bonchev–Trinajstić information content (AvgIpc) is 3.18. The number of anilines is 1. The van der Waals surface area contributed by atoms with E-state index in [0.29, 0.717) is 6.54 Å². The van der Waals surface area contributed by atoms with E-state index in [1.807, 2.05) is 62.4 Å². The Morgan fingerprint density at radius 3 is 2.34 bits per heavy atom. The number of hydrogen-bond acceptors (Lipinski definition) is 5. The molecule has 29 heavy (non-hydrogen) atoms. The van der Waals surface area contributed by atoms with Crippen LogP contribution in [0.1, 0.15) is 25.5 Å². The fraction of sp³-hybridized carbons (Fsp3) is 0.174. The molecular weight excluding hydrogens is 380 g/mol. The Balaban J connectivity index is 1.75. The highest BCUT2D eigenvalue weighted by Crippen LogP contribution is 2.38. The largest absolute Gasteiger partial charge is 0.357 e. The average molecular weight is 403 g/mol. The van der Waals surface area contributed by atoms with E-state index in [-0.39, 0.29) is 11.6 Å². The molecule has 1 N–H and O–H groups in total. The van der Waals surface area contributed by atoms with Crippen molar-refractivity contribution in [3.8, 4) is 21.8 Å². The Kier molecular flexibility index (Phi) is 5.53. The van der Waals surface area contributed by atoms with Crippen LogP contribution in [0.25, 0.3) is 21.8 Å². The predicted octanol–water partition coefficient (Wildman–Crippen LogP) is 5.23. The molecule has 2 heterocycles. The van der Waals surface area contributed by atoms with Crippen LogP contribution in [-0.4, -0.2) is 14.8 Å². The second-order valence-electron chi connectivity index (χ2n) is 7.00. The highest BCUT2D eigenvalue weighted by Gasteiger charge is 2.17. The van der Waals surface area contributed by atoms with Gasteiger partial charge >= 0.3 is 0 Å². The molecule has 5 nitrogen and oxygen atoms in total. The summed E-state index contributed by atoms with van der Waals surface area (Å²) in [6.07, 6.45) is 0. The maximum atomic E-state index is 12.1. The topological polar surface area (TPSA) is 59.8 Å². The summed E-state index contributed by atoms with van der Waals surface area (Å²) in [7, 11) is 0. The Morgan fingerprint density at radius 2 is 1.66 bits per heavy atom. The number of thiazole rings is 1. The number of nitrogens with zero attached hydrogens (tertiary/aromatic N) is 3. The SMILES string of the molecule is CC(C)n1nc(-c2sc(NCc3ccccc3)nc2-c2ccccc2)ccc1=O. The summed E-state index contributed by atoms with van der Waals surface area (Å²) in [5.74, 6) is 0. The van der Waals surface area contributed by atoms with E-state index in [2.05, 4.69) is 22.5 Å². The fourth-order valence-electron chi connectivity index (χ4n) is 3.05. The summed E-state index contributed by atoms with van der Waals surface area (Å²) in [5, 5.41) is 8.85. The second-order valence-corrected chi connectivity index (χ2v) is 8.00. The minimum Gasteiger partial charge on any atom is -0.357 e. The minimum atomic E-state index is -0.100. The lowest BCUT2D eigenvalue weighted by molar-refractivity contribution is 0.505. The van der Waals surface area contributed by atoms with E-state index in [1.54, 1.807) is 23.5 Å². The number of nitrogens with one attached hydrogen (secondary N) is 1. The van der Waals surface area contributed by atoms with Gasteiger partial charge in [0, 0.05) is 18.2 Å². The van der Waals surface area contributed by atoms with E-state index in [0.717, 1.165) is 27.0 Å². The first kappa shape index (κ1) is 19.1. The monoisotopic (exact) mass is 402 g/mol. The lowest BCUT2D eigenvalue weighted by Crippen LogP contribution is -2.23. The van der Waals surface area contributed by atoms with Gasteiger partial charge in [-0.1, -0.05) is 72.0 Å². The lowest BCUT2D eigenvalue weighted by Gasteiger charge is -2.09. The zero-order chi connectivity index (χ0) is 20.2. The third kappa shape index (κ3) is 4.27. The Labute approximate surface area is 173 Å². The van der Waals surface area contributed by atoms with Crippen LogP contribution < -0.4 is 10.9 Å². The molecule has 4 aromatic rings. The van der Waals surface area contributed by atoms with Crippen LogP contribution in [0.3, 0.4) is 0 Å². The molecular formula is C23H22N4OS. The molecule has 0 fully saturated rings. The van der Waals surface area contributed by atoms with Crippen molar-refractivity contribution in [3.05, 3.63) is 88.7 Å². The lowest BCUT2D eigenvalue weighted by atomic mass is 10.1. The van der Waals surface area contributed by atoms with E-state index >= 15 is 0 Å². The van der Waals surface area contributed by atoms with Crippen LogP contribution in [0.4, 0.5) is 5.13 Å². The van der Waals surface area contributed by atoms with Crippen LogP contribution in [0.2, 0.25) is 0 Å². The molecule has 0 atom stereocenters. The summed E-state index contributed by atoms with van der Waals surface area (Å²) in [6, 6.07) is 23.6. The smallest absolute Gasteiger partial charge is 0.267 e. The van der Waals surface area contributed by atoms with Crippen LogP contribution in [0.15, 0.2) is 77.6 Å². The molecule has 146 valence electrons. The molecule has 0 saturated carbocycles. The van der Waals surface area contributed by atoms with Gasteiger partial charge in [0.2, 0.25) is 0 Å². The van der Waals surface area contributed by atoms with Crippen molar-refractivity contribution in [1.82, 2.24) is 14.8 Å². The van der Waals surface area contributed by atoms with Crippen molar-refractivity contribution in [3.63, 3.8) is 0 Å². The second kappa shape index (κ2) is 8.41. The highest BCUT2D eigenvalue weighted by atomic mass is 32.1. The van der Waals surface area contributed by atoms with Crippen molar-refractivity contribution < 1.29 is 0 Å². The molecule has 0 bridgehead atoms. The molecule has 0 aliphatic rings. The molecule has 0 radical (unpaired) electrons. The van der Waals surface area contributed by atoms with E-state index in [4.69, 9.17) is 4.98 Å². The summed E-state index contributed by atoms with van der Waals surface area (Å²) in [6.45, 7) is 4.60. The molecule has 0 spiro atoms. The molecule has 0 amide bonds.